The first-order valence-corrected chi connectivity index (χ1v) is 17.1. The predicted molar refractivity (Wildman–Crippen MR) is 209 cm³/mol. The molecular weight excluding hydrogens is 609 g/mol. The Balaban J connectivity index is 1.34. The first-order valence-electron chi connectivity index (χ1n) is 17.1. The fourth-order valence-corrected chi connectivity index (χ4v) is 8.70. The van der Waals surface area contributed by atoms with Crippen LogP contribution >= 0.6 is 0 Å². The van der Waals surface area contributed by atoms with Gasteiger partial charge in [0.25, 0.3) is 0 Å². The Bertz CT molecular complexity index is 3380. The Labute approximate surface area is 285 Å². The van der Waals surface area contributed by atoms with Crippen molar-refractivity contribution in [2.24, 2.45) is 0 Å². The van der Waals surface area contributed by atoms with Gasteiger partial charge in [-0.1, -0.05) is 115 Å². The minimum absolute atomic E-state index is 0.721. The van der Waals surface area contributed by atoms with Gasteiger partial charge in [-0.15, -0.1) is 0 Å². The van der Waals surface area contributed by atoms with Crippen molar-refractivity contribution >= 4 is 92.3 Å². The molecule has 0 bridgehead atoms. The highest BCUT2D eigenvalue weighted by atomic mass is 15.1. The quantitative estimate of drug-likeness (QED) is 0.190. The summed E-state index contributed by atoms with van der Waals surface area (Å²) in [4.78, 5) is 10.7. The standard InChI is InChI=1S/C46H26N4/c1-2-14-29-25-40-36(24-28(29)13-1)42-41(26-35-31-17-6-9-22-38(31)49-39-23-10-7-19-34(39)43(42)44(35)49)50(40)46-33-18-5-8-21-37(33)47-45(48-46)32-20-11-15-27-12-3-4-16-30(27)32/h1-26H. The molecule has 0 aliphatic carbocycles. The Hall–Kier alpha value is -6.78. The zero-order chi connectivity index (χ0) is 32.5. The van der Waals surface area contributed by atoms with E-state index in [1.165, 1.54) is 65.0 Å². The molecule has 230 valence electrons. The molecule has 4 heterocycles. The molecule has 0 aliphatic rings. The maximum Gasteiger partial charge on any atom is 0.162 e. The van der Waals surface area contributed by atoms with Crippen molar-refractivity contribution in [1.29, 1.82) is 0 Å². The monoisotopic (exact) mass is 634 g/mol. The molecule has 0 radical (unpaired) electrons. The number of nitrogens with zero attached hydrogens (tertiary/aromatic N) is 4. The molecule has 50 heavy (non-hydrogen) atoms. The van der Waals surface area contributed by atoms with Gasteiger partial charge < -0.3 is 4.40 Å². The van der Waals surface area contributed by atoms with Crippen LogP contribution in [0.15, 0.2) is 158 Å². The zero-order valence-corrected chi connectivity index (χ0v) is 26.8. The Morgan fingerprint density at radius 2 is 1.02 bits per heavy atom. The molecule has 0 fully saturated rings. The van der Waals surface area contributed by atoms with Crippen LogP contribution in [-0.4, -0.2) is 18.9 Å². The van der Waals surface area contributed by atoms with Crippen molar-refractivity contribution in [2.75, 3.05) is 0 Å². The summed E-state index contributed by atoms with van der Waals surface area (Å²) in [6.07, 6.45) is 0. The number of hydrogen-bond donors (Lipinski definition) is 0. The minimum atomic E-state index is 0.721. The molecule has 4 heteroatoms. The van der Waals surface area contributed by atoms with E-state index in [1.807, 2.05) is 0 Å². The first-order chi connectivity index (χ1) is 24.8. The van der Waals surface area contributed by atoms with Crippen molar-refractivity contribution < 1.29 is 0 Å². The highest BCUT2D eigenvalue weighted by Gasteiger charge is 2.25. The lowest BCUT2D eigenvalue weighted by molar-refractivity contribution is 1.08. The maximum absolute atomic E-state index is 5.53. The molecule has 0 atom stereocenters. The van der Waals surface area contributed by atoms with Crippen molar-refractivity contribution in [3.05, 3.63) is 158 Å². The van der Waals surface area contributed by atoms with Crippen LogP contribution in [0.25, 0.3) is 110 Å². The van der Waals surface area contributed by atoms with E-state index in [0.717, 1.165) is 44.5 Å². The largest absolute Gasteiger partial charge is 0.308 e. The summed E-state index contributed by atoms with van der Waals surface area (Å²) >= 11 is 0. The summed E-state index contributed by atoms with van der Waals surface area (Å²) in [5.74, 6) is 1.61. The maximum atomic E-state index is 5.53. The van der Waals surface area contributed by atoms with Gasteiger partial charge in [-0.05, 0) is 64.0 Å². The molecule has 4 nitrogen and oxygen atoms in total. The van der Waals surface area contributed by atoms with Crippen LogP contribution < -0.4 is 0 Å². The van der Waals surface area contributed by atoms with Crippen molar-refractivity contribution in [1.82, 2.24) is 18.9 Å². The SMILES string of the molecule is c1ccc2cc3c(cc2c1)c1c2c4ccccc4n4c5ccccc5c(cc1n3-c1nc(-c3cccc5ccccc35)nc3ccccc13)c24. The van der Waals surface area contributed by atoms with Crippen LogP contribution in [-0.2, 0) is 0 Å². The van der Waals surface area contributed by atoms with Crippen LogP contribution in [0, 0.1) is 0 Å². The van der Waals surface area contributed by atoms with Gasteiger partial charge in [0.05, 0.1) is 33.1 Å². The molecule has 0 amide bonds. The summed E-state index contributed by atoms with van der Waals surface area (Å²) in [6, 6.07) is 56.9. The number of aromatic nitrogens is 4. The van der Waals surface area contributed by atoms with Gasteiger partial charge in [-0.2, -0.15) is 0 Å². The van der Waals surface area contributed by atoms with Gasteiger partial charge in [0.2, 0.25) is 0 Å². The van der Waals surface area contributed by atoms with Crippen molar-refractivity contribution in [2.45, 2.75) is 0 Å². The highest BCUT2D eigenvalue weighted by molar-refractivity contribution is 6.36. The van der Waals surface area contributed by atoms with E-state index in [1.54, 1.807) is 0 Å². The second-order valence-electron chi connectivity index (χ2n) is 13.4. The van der Waals surface area contributed by atoms with E-state index in [0.29, 0.717) is 0 Å². The Morgan fingerprint density at radius 3 is 1.86 bits per heavy atom. The molecule has 4 aromatic heterocycles. The van der Waals surface area contributed by atoms with Crippen LogP contribution in [0.5, 0.6) is 0 Å². The van der Waals surface area contributed by atoms with Crippen LogP contribution in [0.1, 0.15) is 0 Å². The molecule has 8 aromatic carbocycles. The summed E-state index contributed by atoms with van der Waals surface area (Å²) < 4.78 is 4.89. The molecular formula is C46H26N4. The van der Waals surface area contributed by atoms with Gasteiger partial charge >= 0.3 is 0 Å². The number of benzene rings is 8. The second-order valence-corrected chi connectivity index (χ2v) is 13.4. The first kappa shape index (κ1) is 26.2. The van der Waals surface area contributed by atoms with E-state index in [9.17, 15) is 0 Å². The zero-order valence-electron chi connectivity index (χ0n) is 26.8. The minimum Gasteiger partial charge on any atom is -0.308 e. The molecule has 0 saturated heterocycles. The van der Waals surface area contributed by atoms with Gasteiger partial charge in [-0.25, -0.2) is 9.97 Å². The van der Waals surface area contributed by atoms with Crippen LogP contribution in [0.3, 0.4) is 0 Å². The molecule has 0 spiro atoms. The molecule has 0 unspecified atom stereocenters. The smallest absolute Gasteiger partial charge is 0.162 e. The third-order valence-corrected chi connectivity index (χ3v) is 10.8. The average Bonchev–Trinajstić information content (AvgIpc) is 3.80. The molecule has 0 N–H and O–H groups in total. The Kier molecular flexibility index (Phi) is 4.94. The number of hydrogen-bond acceptors (Lipinski definition) is 2. The fraction of sp³-hybridized carbons (Fsp3) is 0. The normalized spacial score (nSPS) is 12.4. The van der Waals surface area contributed by atoms with Gasteiger partial charge in [-0.3, -0.25) is 4.57 Å². The topological polar surface area (TPSA) is 35.1 Å². The van der Waals surface area contributed by atoms with Gasteiger partial charge in [0.1, 0.15) is 5.82 Å². The average molecular weight is 635 g/mol. The van der Waals surface area contributed by atoms with Gasteiger partial charge in [0, 0.05) is 43.3 Å². The lowest BCUT2D eigenvalue weighted by Crippen LogP contribution is -2.03. The molecule has 12 aromatic rings. The van der Waals surface area contributed by atoms with Gasteiger partial charge in [0.15, 0.2) is 5.82 Å². The number of para-hydroxylation sites is 3. The lowest BCUT2D eigenvalue weighted by Gasteiger charge is -2.14. The van der Waals surface area contributed by atoms with E-state index >= 15 is 0 Å². The fourth-order valence-electron chi connectivity index (χ4n) is 8.70. The van der Waals surface area contributed by atoms with E-state index in [2.05, 4.69) is 167 Å². The summed E-state index contributed by atoms with van der Waals surface area (Å²) in [5, 5.41) is 13.3. The Morgan fingerprint density at radius 1 is 0.380 bits per heavy atom. The third-order valence-electron chi connectivity index (χ3n) is 10.8. The third kappa shape index (κ3) is 3.30. The van der Waals surface area contributed by atoms with E-state index in [4.69, 9.17) is 9.97 Å². The van der Waals surface area contributed by atoms with Crippen molar-refractivity contribution in [3.63, 3.8) is 0 Å². The van der Waals surface area contributed by atoms with E-state index in [-0.39, 0.29) is 0 Å². The molecule has 0 aliphatic heterocycles. The highest BCUT2D eigenvalue weighted by Crippen LogP contribution is 2.47. The second kappa shape index (κ2) is 9.43. The molecule has 12 rings (SSSR count). The van der Waals surface area contributed by atoms with E-state index < -0.39 is 0 Å². The molecule has 0 saturated carbocycles. The summed E-state index contributed by atoms with van der Waals surface area (Å²) in [6.45, 7) is 0. The van der Waals surface area contributed by atoms with Crippen molar-refractivity contribution in [3.8, 4) is 17.2 Å². The predicted octanol–water partition coefficient (Wildman–Crippen LogP) is 11.9. The number of fused-ring (bicyclic) bond motifs is 13. The summed E-state index contributed by atoms with van der Waals surface area (Å²) in [7, 11) is 0. The lowest BCUT2D eigenvalue weighted by atomic mass is 10.0. The number of rotatable bonds is 2. The van der Waals surface area contributed by atoms with Crippen LogP contribution in [0.2, 0.25) is 0 Å². The summed E-state index contributed by atoms with van der Waals surface area (Å²) in [5.41, 5.74) is 7.96. The van der Waals surface area contributed by atoms with Crippen LogP contribution in [0.4, 0.5) is 0 Å².